The molecule has 2 aromatic carbocycles. The molecule has 0 bridgehead atoms. The minimum absolute atomic E-state index is 0.505. The molecule has 0 spiro atoms. The van der Waals surface area contributed by atoms with Gasteiger partial charge >= 0.3 is 0 Å². The molecule has 0 aromatic heterocycles. The normalized spacial score (nSPS) is 16.7. The van der Waals surface area contributed by atoms with E-state index in [-0.39, 0.29) is 0 Å². The van der Waals surface area contributed by atoms with Crippen molar-refractivity contribution in [2.24, 2.45) is 5.73 Å². The topological polar surface area (TPSA) is 53.0 Å². The fourth-order valence-electron chi connectivity index (χ4n) is 3.29. The van der Waals surface area contributed by atoms with Crippen LogP contribution in [-0.2, 0) is 6.42 Å². The number of nitrogens with two attached hydrogens (primary N) is 1. The summed E-state index contributed by atoms with van der Waals surface area (Å²) in [6.07, 6.45) is 3.54. The van der Waals surface area contributed by atoms with Crippen molar-refractivity contribution in [2.45, 2.75) is 25.2 Å². The minimum atomic E-state index is 0.505. The molecule has 112 valence electrons. The molecule has 1 aliphatic carbocycles. The molecule has 3 nitrogen and oxygen atoms in total. The number of nitrogens with zero attached hydrogens (tertiary/aromatic N) is 2. The third-order valence-electron chi connectivity index (χ3n) is 4.60. The van der Waals surface area contributed by atoms with E-state index in [1.165, 1.54) is 24.0 Å². The van der Waals surface area contributed by atoms with Gasteiger partial charge in [0.05, 0.1) is 11.6 Å². The summed E-state index contributed by atoms with van der Waals surface area (Å²) in [5, 5.41) is 9.05. The van der Waals surface area contributed by atoms with Gasteiger partial charge in [-0.3, -0.25) is 0 Å². The summed E-state index contributed by atoms with van der Waals surface area (Å²) < 4.78 is 0. The second-order valence-electron chi connectivity index (χ2n) is 5.93. The highest BCUT2D eigenvalue weighted by Gasteiger charge is 2.19. The molecule has 0 amide bonds. The summed E-state index contributed by atoms with van der Waals surface area (Å²) in [4.78, 5) is 2.13. The van der Waals surface area contributed by atoms with Gasteiger partial charge in [0, 0.05) is 18.4 Å². The van der Waals surface area contributed by atoms with Gasteiger partial charge in [-0.2, -0.15) is 5.26 Å². The van der Waals surface area contributed by atoms with Gasteiger partial charge in [-0.25, -0.2) is 0 Å². The van der Waals surface area contributed by atoms with Crippen molar-refractivity contribution in [1.29, 1.82) is 5.26 Å². The number of rotatable bonds is 3. The van der Waals surface area contributed by atoms with Crippen LogP contribution in [0.1, 0.15) is 35.4 Å². The van der Waals surface area contributed by atoms with E-state index in [0.717, 1.165) is 24.3 Å². The summed E-state index contributed by atoms with van der Waals surface area (Å²) >= 11 is 0. The van der Waals surface area contributed by atoms with E-state index in [2.05, 4.69) is 29.2 Å². The SMILES string of the molecule is CN(c1cccc(C#N)c1)c1ccc2c(c1)CCC[C@H]2CN. The molecule has 0 saturated carbocycles. The highest BCUT2D eigenvalue weighted by molar-refractivity contribution is 5.65. The van der Waals surface area contributed by atoms with Crippen molar-refractivity contribution < 1.29 is 0 Å². The number of hydrogen-bond acceptors (Lipinski definition) is 3. The zero-order valence-electron chi connectivity index (χ0n) is 12.9. The summed E-state index contributed by atoms with van der Waals surface area (Å²) in [6.45, 7) is 0.729. The lowest BCUT2D eigenvalue weighted by atomic mass is 9.82. The summed E-state index contributed by atoms with van der Waals surface area (Å²) in [5.74, 6) is 0.505. The van der Waals surface area contributed by atoms with Crippen LogP contribution in [0.5, 0.6) is 0 Å². The van der Waals surface area contributed by atoms with Gasteiger partial charge in [0.2, 0.25) is 0 Å². The quantitative estimate of drug-likeness (QED) is 0.938. The molecule has 0 saturated heterocycles. The molecule has 0 unspecified atom stereocenters. The summed E-state index contributed by atoms with van der Waals surface area (Å²) in [7, 11) is 2.04. The lowest BCUT2D eigenvalue weighted by molar-refractivity contribution is 0.561. The lowest BCUT2D eigenvalue weighted by Gasteiger charge is -2.27. The molecule has 1 atom stereocenters. The van der Waals surface area contributed by atoms with Gasteiger partial charge in [0.25, 0.3) is 0 Å². The Bertz CT molecular complexity index is 715. The fraction of sp³-hybridized carbons (Fsp3) is 0.316. The van der Waals surface area contributed by atoms with E-state index in [1.54, 1.807) is 0 Å². The Balaban J connectivity index is 1.93. The van der Waals surface area contributed by atoms with Crippen LogP contribution in [0.25, 0.3) is 0 Å². The maximum atomic E-state index is 9.05. The third-order valence-corrected chi connectivity index (χ3v) is 4.60. The zero-order chi connectivity index (χ0) is 15.5. The van der Waals surface area contributed by atoms with E-state index >= 15 is 0 Å². The van der Waals surface area contributed by atoms with Crippen molar-refractivity contribution in [3.8, 4) is 6.07 Å². The smallest absolute Gasteiger partial charge is 0.0992 e. The highest BCUT2D eigenvalue weighted by atomic mass is 15.1. The Morgan fingerprint density at radius 3 is 2.82 bits per heavy atom. The standard InChI is InChI=1S/C19H21N3/c1-22(17-7-2-4-14(10-17)12-20)18-8-9-19-15(11-18)5-3-6-16(19)13-21/h2,4,7-11,16H,3,5-6,13,21H2,1H3/t16-/m0/s1. The second kappa shape index (κ2) is 6.21. The third kappa shape index (κ3) is 2.70. The van der Waals surface area contributed by atoms with E-state index in [9.17, 15) is 0 Å². The largest absolute Gasteiger partial charge is 0.345 e. The molecular weight excluding hydrogens is 270 g/mol. The van der Waals surface area contributed by atoms with Crippen LogP contribution in [0.4, 0.5) is 11.4 Å². The zero-order valence-corrected chi connectivity index (χ0v) is 12.9. The van der Waals surface area contributed by atoms with Gasteiger partial charge in [0.1, 0.15) is 0 Å². The Morgan fingerprint density at radius 2 is 2.05 bits per heavy atom. The maximum Gasteiger partial charge on any atom is 0.0992 e. The van der Waals surface area contributed by atoms with Gasteiger partial charge in [-0.1, -0.05) is 12.1 Å². The van der Waals surface area contributed by atoms with Crippen LogP contribution >= 0.6 is 0 Å². The van der Waals surface area contributed by atoms with Crippen LogP contribution in [0.2, 0.25) is 0 Å². The second-order valence-corrected chi connectivity index (χ2v) is 5.93. The first-order chi connectivity index (χ1) is 10.7. The van der Waals surface area contributed by atoms with Crippen LogP contribution in [0.3, 0.4) is 0 Å². The average molecular weight is 291 g/mol. The number of anilines is 2. The number of hydrogen-bond donors (Lipinski definition) is 1. The first-order valence-corrected chi connectivity index (χ1v) is 7.79. The predicted octanol–water partition coefficient (Wildman–Crippen LogP) is 3.70. The minimum Gasteiger partial charge on any atom is -0.345 e. The maximum absolute atomic E-state index is 9.05. The number of fused-ring (bicyclic) bond motifs is 1. The van der Waals surface area contributed by atoms with E-state index in [4.69, 9.17) is 11.0 Å². The Hall–Kier alpha value is -2.31. The Morgan fingerprint density at radius 1 is 1.23 bits per heavy atom. The average Bonchev–Trinajstić information content (AvgIpc) is 2.60. The molecular formula is C19H21N3. The Kier molecular flexibility index (Phi) is 4.13. The first-order valence-electron chi connectivity index (χ1n) is 7.79. The molecule has 2 N–H and O–H groups in total. The fourth-order valence-corrected chi connectivity index (χ4v) is 3.29. The van der Waals surface area contributed by atoms with Crippen molar-refractivity contribution in [3.05, 3.63) is 59.2 Å². The molecule has 0 fully saturated rings. The van der Waals surface area contributed by atoms with E-state index in [1.807, 2.05) is 31.3 Å². The first kappa shape index (κ1) is 14.6. The van der Waals surface area contributed by atoms with Gasteiger partial charge in [-0.05, 0) is 73.2 Å². The summed E-state index contributed by atoms with van der Waals surface area (Å²) in [5.41, 5.74) is 11.6. The Labute approximate surface area is 132 Å². The molecule has 1 aliphatic rings. The molecule has 0 aliphatic heterocycles. The van der Waals surface area contributed by atoms with Crippen LogP contribution in [0.15, 0.2) is 42.5 Å². The van der Waals surface area contributed by atoms with Crippen LogP contribution < -0.4 is 10.6 Å². The van der Waals surface area contributed by atoms with Crippen LogP contribution in [0, 0.1) is 11.3 Å². The predicted molar refractivity (Wildman–Crippen MR) is 90.4 cm³/mol. The van der Waals surface area contributed by atoms with Crippen molar-refractivity contribution in [2.75, 3.05) is 18.5 Å². The van der Waals surface area contributed by atoms with Crippen molar-refractivity contribution in [3.63, 3.8) is 0 Å². The van der Waals surface area contributed by atoms with E-state index < -0.39 is 0 Å². The molecule has 3 heteroatoms. The monoisotopic (exact) mass is 291 g/mol. The molecule has 0 radical (unpaired) electrons. The molecule has 0 heterocycles. The van der Waals surface area contributed by atoms with Gasteiger partial charge in [-0.15, -0.1) is 0 Å². The number of nitriles is 1. The number of benzene rings is 2. The summed E-state index contributed by atoms with van der Waals surface area (Å²) in [6, 6.07) is 16.6. The number of aryl methyl sites for hydroxylation is 1. The van der Waals surface area contributed by atoms with Crippen molar-refractivity contribution >= 4 is 11.4 Å². The van der Waals surface area contributed by atoms with Crippen LogP contribution in [-0.4, -0.2) is 13.6 Å². The highest BCUT2D eigenvalue weighted by Crippen LogP contribution is 2.34. The molecule has 3 rings (SSSR count). The van der Waals surface area contributed by atoms with Gasteiger partial charge < -0.3 is 10.6 Å². The molecule has 22 heavy (non-hydrogen) atoms. The van der Waals surface area contributed by atoms with Crippen molar-refractivity contribution in [1.82, 2.24) is 0 Å². The molecule has 2 aromatic rings. The lowest BCUT2D eigenvalue weighted by Crippen LogP contribution is -2.19. The van der Waals surface area contributed by atoms with E-state index in [0.29, 0.717) is 11.5 Å². The van der Waals surface area contributed by atoms with Gasteiger partial charge in [0.15, 0.2) is 0 Å².